The molecule has 0 bridgehead atoms. The Labute approximate surface area is 171 Å². The summed E-state index contributed by atoms with van der Waals surface area (Å²) >= 11 is 2.82. The molecule has 4 rings (SSSR count). The highest BCUT2D eigenvalue weighted by Gasteiger charge is 2.27. The molecule has 7 heteroatoms. The van der Waals surface area contributed by atoms with E-state index in [-0.39, 0.29) is 16.7 Å². The van der Waals surface area contributed by atoms with Crippen molar-refractivity contribution in [2.45, 2.75) is 42.8 Å². The van der Waals surface area contributed by atoms with Crippen molar-refractivity contribution in [3.8, 4) is 10.4 Å². The maximum absolute atomic E-state index is 13.1. The standard InChI is InChI=1S/C21H21N3O2S2/c1-3-11-24-20(26)16-12-17(14-7-5-4-6-8-14)28-19(16)23-21(24)27-13(2)18(25)22-15-9-10-15/h3-8,12-13,15H,1,9-11H2,2H3,(H,22,25)/t13-/m1/s1. The van der Waals surface area contributed by atoms with E-state index in [1.165, 1.54) is 23.1 Å². The first-order valence-corrected chi connectivity index (χ1v) is 10.9. The molecule has 2 heterocycles. The Balaban J connectivity index is 1.72. The zero-order valence-corrected chi connectivity index (χ0v) is 17.2. The van der Waals surface area contributed by atoms with E-state index in [4.69, 9.17) is 4.98 Å². The van der Waals surface area contributed by atoms with Gasteiger partial charge in [0, 0.05) is 17.5 Å². The van der Waals surface area contributed by atoms with Crippen LogP contribution in [0, 0.1) is 0 Å². The van der Waals surface area contributed by atoms with E-state index in [1.807, 2.05) is 43.3 Å². The van der Waals surface area contributed by atoms with Crippen molar-refractivity contribution in [2.24, 2.45) is 0 Å². The number of thioether (sulfide) groups is 1. The molecule has 1 N–H and O–H groups in total. The van der Waals surface area contributed by atoms with E-state index < -0.39 is 0 Å². The third-order valence-corrected chi connectivity index (χ3v) is 6.73. The molecule has 0 unspecified atom stereocenters. The second-order valence-corrected chi connectivity index (χ2v) is 9.18. The summed E-state index contributed by atoms with van der Waals surface area (Å²) in [5.41, 5.74) is 0.965. The number of fused-ring (bicyclic) bond motifs is 1. The van der Waals surface area contributed by atoms with Crippen molar-refractivity contribution in [2.75, 3.05) is 0 Å². The van der Waals surface area contributed by atoms with Crippen LogP contribution in [0.1, 0.15) is 19.8 Å². The van der Waals surface area contributed by atoms with Crippen LogP contribution in [0.25, 0.3) is 20.7 Å². The summed E-state index contributed by atoms with van der Waals surface area (Å²) in [6.45, 7) is 5.97. The number of carbonyl (C=O) groups is 1. The molecule has 144 valence electrons. The quantitative estimate of drug-likeness (QED) is 0.362. The number of carbonyl (C=O) groups excluding carboxylic acids is 1. The molecule has 1 amide bonds. The smallest absolute Gasteiger partial charge is 0.263 e. The van der Waals surface area contributed by atoms with Gasteiger partial charge >= 0.3 is 0 Å². The highest BCUT2D eigenvalue weighted by Crippen LogP contribution is 2.33. The minimum absolute atomic E-state index is 0.0110. The lowest BCUT2D eigenvalue weighted by molar-refractivity contribution is -0.120. The zero-order chi connectivity index (χ0) is 19.7. The molecule has 3 aromatic rings. The lowest BCUT2D eigenvalue weighted by Crippen LogP contribution is -2.33. The number of hydrogen-bond acceptors (Lipinski definition) is 5. The van der Waals surface area contributed by atoms with E-state index in [0.717, 1.165) is 23.3 Å². The number of rotatable bonds is 7. The van der Waals surface area contributed by atoms with Gasteiger partial charge in [-0.15, -0.1) is 17.9 Å². The highest BCUT2D eigenvalue weighted by atomic mass is 32.2. The van der Waals surface area contributed by atoms with Gasteiger partial charge in [-0.05, 0) is 31.4 Å². The summed E-state index contributed by atoms with van der Waals surface area (Å²) in [6.07, 6.45) is 3.77. The molecule has 1 aromatic carbocycles. The number of thiophene rings is 1. The van der Waals surface area contributed by atoms with Gasteiger partial charge in [-0.25, -0.2) is 4.98 Å². The molecular weight excluding hydrogens is 390 g/mol. The molecule has 1 saturated carbocycles. The number of aromatic nitrogens is 2. The van der Waals surface area contributed by atoms with Crippen molar-refractivity contribution in [1.29, 1.82) is 0 Å². The Morgan fingerprint density at radius 1 is 1.43 bits per heavy atom. The van der Waals surface area contributed by atoms with E-state index in [9.17, 15) is 9.59 Å². The number of nitrogens with one attached hydrogen (secondary N) is 1. The second-order valence-electron chi connectivity index (χ2n) is 6.84. The summed E-state index contributed by atoms with van der Waals surface area (Å²) in [5, 5.41) is 3.84. The SMILES string of the molecule is C=CCn1c(S[C@H](C)C(=O)NC2CC2)nc2sc(-c3ccccc3)cc2c1=O. The average Bonchev–Trinajstić information content (AvgIpc) is 3.41. The Morgan fingerprint density at radius 3 is 2.86 bits per heavy atom. The van der Waals surface area contributed by atoms with Crippen LogP contribution < -0.4 is 10.9 Å². The first-order chi connectivity index (χ1) is 13.6. The predicted octanol–water partition coefficient (Wildman–Crippen LogP) is 4.07. The highest BCUT2D eigenvalue weighted by molar-refractivity contribution is 8.00. The minimum Gasteiger partial charge on any atom is -0.352 e. The zero-order valence-electron chi connectivity index (χ0n) is 15.6. The van der Waals surface area contributed by atoms with Crippen molar-refractivity contribution in [3.05, 3.63) is 59.4 Å². The van der Waals surface area contributed by atoms with Gasteiger partial charge in [0.2, 0.25) is 5.91 Å². The lowest BCUT2D eigenvalue weighted by atomic mass is 10.2. The van der Waals surface area contributed by atoms with E-state index >= 15 is 0 Å². The minimum atomic E-state index is -0.324. The van der Waals surface area contributed by atoms with Gasteiger partial charge in [0.05, 0.1) is 10.6 Å². The summed E-state index contributed by atoms with van der Waals surface area (Å²) in [7, 11) is 0. The Kier molecular flexibility index (Phi) is 5.37. The average molecular weight is 412 g/mol. The van der Waals surface area contributed by atoms with Gasteiger partial charge in [0.15, 0.2) is 5.16 Å². The van der Waals surface area contributed by atoms with Crippen LogP contribution in [0.5, 0.6) is 0 Å². The van der Waals surface area contributed by atoms with Crippen molar-refractivity contribution >= 4 is 39.2 Å². The van der Waals surface area contributed by atoms with E-state index in [0.29, 0.717) is 28.0 Å². The first-order valence-electron chi connectivity index (χ1n) is 9.24. The molecule has 1 atom stereocenters. The Hall–Kier alpha value is -2.38. The maximum Gasteiger partial charge on any atom is 0.263 e. The van der Waals surface area contributed by atoms with E-state index in [1.54, 1.807) is 10.6 Å². The molecule has 0 aliphatic heterocycles. The van der Waals surface area contributed by atoms with Gasteiger partial charge in [-0.2, -0.15) is 0 Å². The second kappa shape index (κ2) is 7.93. The molecule has 2 aromatic heterocycles. The van der Waals surface area contributed by atoms with Crippen LogP contribution in [0.3, 0.4) is 0 Å². The van der Waals surface area contributed by atoms with Gasteiger partial charge < -0.3 is 5.32 Å². The van der Waals surface area contributed by atoms with Crippen LogP contribution in [-0.4, -0.2) is 26.8 Å². The summed E-state index contributed by atoms with van der Waals surface area (Å²) < 4.78 is 1.60. The normalized spacial score (nSPS) is 14.8. The molecular formula is C21H21N3O2S2. The van der Waals surface area contributed by atoms with Crippen molar-refractivity contribution in [1.82, 2.24) is 14.9 Å². The number of hydrogen-bond donors (Lipinski definition) is 1. The lowest BCUT2D eigenvalue weighted by Gasteiger charge is -2.14. The third kappa shape index (κ3) is 3.91. The number of allylic oxidation sites excluding steroid dienone is 1. The topological polar surface area (TPSA) is 64.0 Å². The van der Waals surface area contributed by atoms with Gasteiger partial charge in [0.25, 0.3) is 5.56 Å². The summed E-state index contributed by atoms with van der Waals surface area (Å²) in [6, 6.07) is 12.2. The number of nitrogens with zero attached hydrogens (tertiary/aromatic N) is 2. The van der Waals surface area contributed by atoms with Crippen molar-refractivity contribution in [3.63, 3.8) is 0 Å². The molecule has 1 aliphatic carbocycles. The third-order valence-electron chi connectivity index (χ3n) is 4.56. The fraction of sp³-hybridized carbons (Fsp3) is 0.286. The molecule has 0 radical (unpaired) electrons. The van der Waals surface area contributed by atoms with Crippen LogP contribution >= 0.6 is 23.1 Å². The summed E-state index contributed by atoms with van der Waals surface area (Å²) in [4.78, 5) is 31.9. The Morgan fingerprint density at radius 2 is 2.18 bits per heavy atom. The van der Waals surface area contributed by atoms with Gasteiger partial charge in [-0.1, -0.05) is 48.2 Å². The van der Waals surface area contributed by atoms with Crippen LogP contribution in [0.2, 0.25) is 0 Å². The fourth-order valence-electron chi connectivity index (χ4n) is 2.88. The van der Waals surface area contributed by atoms with Crippen LogP contribution in [-0.2, 0) is 11.3 Å². The number of benzene rings is 1. The monoisotopic (exact) mass is 411 g/mol. The molecule has 0 spiro atoms. The molecule has 1 aliphatic rings. The maximum atomic E-state index is 13.1. The molecule has 1 fully saturated rings. The largest absolute Gasteiger partial charge is 0.352 e. The molecule has 5 nitrogen and oxygen atoms in total. The molecule has 28 heavy (non-hydrogen) atoms. The van der Waals surface area contributed by atoms with Gasteiger partial charge in [0.1, 0.15) is 4.83 Å². The summed E-state index contributed by atoms with van der Waals surface area (Å²) in [5.74, 6) is -0.0110. The molecule has 0 saturated heterocycles. The van der Waals surface area contributed by atoms with Crippen molar-refractivity contribution < 1.29 is 4.79 Å². The fourth-order valence-corrected chi connectivity index (χ4v) is 4.88. The predicted molar refractivity (Wildman–Crippen MR) is 116 cm³/mol. The number of amides is 1. The Bertz CT molecular complexity index is 1080. The van der Waals surface area contributed by atoms with E-state index in [2.05, 4.69) is 11.9 Å². The van der Waals surface area contributed by atoms with Gasteiger partial charge in [-0.3, -0.25) is 14.2 Å². The first kappa shape index (κ1) is 19.0. The van der Waals surface area contributed by atoms with Crippen LogP contribution in [0.4, 0.5) is 0 Å². The van der Waals surface area contributed by atoms with Crippen LogP contribution in [0.15, 0.2) is 59.0 Å².